The predicted octanol–water partition coefficient (Wildman–Crippen LogP) is 6.92. The Labute approximate surface area is 290 Å². The van der Waals surface area contributed by atoms with Crippen molar-refractivity contribution in [2.24, 2.45) is 0 Å². The summed E-state index contributed by atoms with van der Waals surface area (Å²) in [6.45, 7) is 22.8. The molecule has 2 aliphatic rings. The Kier molecular flexibility index (Phi) is 9.71. The van der Waals surface area contributed by atoms with Gasteiger partial charge in [-0.25, -0.2) is 19.4 Å². The first-order valence-electron chi connectivity index (χ1n) is 17.0. The van der Waals surface area contributed by atoms with Gasteiger partial charge >= 0.3 is 6.09 Å². The Balaban J connectivity index is 1.50. The SMILES string of the molecule is Cc1cc(Nc2nccc(-c3cc(C#N)c4c(c3)[C@@](C)(CO[Si](C)(C)C(C)(C)C)CN4C(=O)OC(C)(C)C)n2)n(CC(=O)N2CCCC2)n1. The molecule has 2 aliphatic heterocycles. The maximum absolute atomic E-state index is 13.6. The molecule has 5 rings (SSSR count). The van der Waals surface area contributed by atoms with E-state index in [1.165, 1.54) is 0 Å². The van der Waals surface area contributed by atoms with Gasteiger partial charge in [0.1, 0.15) is 24.0 Å². The van der Waals surface area contributed by atoms with Crippen molar-refractivity contribution < 1.29 is 18.8 Å². The third-order valence-corrected chi connectivity index (χ3v) is 14.1. The number of benzene rings is 1. The van der Waals surface area contributed by atoms with Crippen LogP contribution in [0.2, 0.25) is 18.1 Å². The van der Waals surface area contributed by atoms with Gasteiger partial charge in [0.15, 0.2) is 8.32 Å². The quantitative estimate of drug-likeness (QED) is 0.250. The van der Waals surface area contributed by atoms with Crippen molar-refractivity contribution in [2.75, 3.05) is 36.5 Å². The molecule has 1 atom stereocenters. The highest BCUT2D eigenvalue weighted by molar-refractivity contribution is 6.74. The first-order chi connectivity index (χ1) is 22.8. The van der Waals surface area contributed by atoms with Crippen molar-refractivity contribution in [3.05, 3.63) is 47.3 Å². The summed E-state index contributed by atoms with van der Waals surface area (Å²) >= 11 is 0. The monoisotopic (exact) mass is 686 g/mol. The zero-order valence-corrected chi connectivity index (χ0v) is 31.6. The zero-order valence-electron chi connectivity index (χ0n) is 30.6. The van der Waals surface area contributed by atoms with Crippen molar-refractivity contribution in [2.45, 2.75) is 104 Å². The van der Waals surface area contributed by atoms with Gasteiger partial charge in [0.25, 0.3) is 0 Å². The molecule has 1 aromatic carbocycles. The molecule has 12 nitrogen and oxygen atoms in total. The second-order valence-corrected chi connectivity index (χ2v) is 20.8. The summed E-state index contributed by atoms with van der Waals surface area (Å²) in [4.78, 5) is 39.2. The lowest BCUT2D eigenvalue weighted by Gasteiger charge is -2.39. The van der Waals surface area contributed by atoms with Crippen LogP contribution in [0, 0.1) is 18.3 Å². The van der Waals surface area contributed by atoms with Crippen LogP contribution in [0.3, 0.4) is 0 Å². The van der Waals surface area contributed by atoms with Gasteiger partial charge in [0, 0.05) is 49.5 Å². The smallest absolute Gasteiger partial charge is 0.414 e. The number of ether oxygens (including phenoxy) is 1. The van der Waals surface area contributed by atoms with Gasteiger partial charge in [0.2, 0.25) is 11.9 Å². The Morgan fingerprint density at radius 1 is 1.10 bits per heavy atom. The van der Waals surface area contributed by atoms with Gasteiger partial charge in [-0.05, 0) is 82.4 Å². The summed E-state index contributed by atoms with van der Waals surface area (Å²) in [5, 5.41) is 18.2. The number of carbonyl (C=O) groups excluding carboxylic acids is 2. The average Bonchev–Trinajstić information content (AvgIpc) is 3.73. The van der Waals surface area contributed by atoms with E-state index in [0.29, 0.717) is 47.4 Å². The molecule has 2 amide bonds. The average molecular weight is 687 g/mol. The normalized spacial score (nSPS) is 18.0. The molecule has 0 aliphatic carbocycles. The fraction of sp³-hybridized carbons (Fsp3) is 0.556. The first-order valence-corrected chi connectivity index (χ1v) is 19.9. The number of hydrogen-bond donors (Lipinski definition) is 1. The van der Waals surface area contributed by atoms with Crippen molar-refractivity contribution >= 4 is 37.8 Å². The molecule has 262 valence electrons. The largest absolute Gasteiger partial charge is 0.443 e. The van der Waals surface area contributed by atoms with Crippen LogP contribution < -0.4 is 10.2 Å². The van der Waals surface area contributed by atoms with Crippen LogP contribution in [-0.4, -0.2) is 76.8 Å². The Morgan fingerprint density at radius 2 is 1.80 bits per heavy atom. The maximum atomic E-state index is 13.6. The number of aryl methyl sites for hydroxylation is 1. The number of hydrogen-bond acceptors (Lipinski definition) is 9. The van der Waals surface area contributed by atoms with E-state index >= 15 is 0 Å². The fourth-order valence-corrected chi connectivity index (χ4v) is 7.05. The summed E-state index contributed by atoms with van der Waals surface area (Å²) in [5.74, 6) is 0.962. The molecule has 13 heteroatoms. The van der Waals surface area contributed by atoms with Crippen LogP contribution in [0.1, 0.15) is 78.1 Å². The van der Waals surface area contributed by atoms with E-state index in [9.17, 15) is 14.9 Å². The summed E-state index contributed by atoms with van der Waals surface area (Å²) in [6, 6.07) is 9.74. The number of fused-ring (bicyclic) bond motifs is 1. The number of nitrogens with zero attached hydrogens (tertiary/aromatic N) is 7. The van der Waals surface area contributed by atoms with Crippen molar-refractivity contribution in [3.63, 3.8) is 0 Å². The molecule has 3 aromatic rings. The van der Waals surface area contributed by atoms with E-state index in [0.717, 1.165) is 37.2 Å². The van der Waals surface area contributed by atoms with Crippen molar-refractivity contribution in [3.8, 4) is 17.3 Å². The molecule has 49 heavy (non-hydrogen) atoms. The van der Waals surface area contributed by atoms with Gasteiger partial charge in [0.05, 0.1) is 22.6 Å². The standard InChI is InChI=1S/C36H50N8O4Si/c1-24-17-29(44(41-24)21-30(45)42-15-11-12-16-42)40-32-38-14-13-28(39-32)25-18-26(20-37)31-27(19-25)36(8,23-47-49(9,10)35(5,6)7)22-43(31)33(46)48-34(2,3)4/h13-14,17-19H,11-12,15-16,21-23H2,1-10H3,(H,38,39,40)/t36-/m1/s1. The molecule has 0 bridgehead atoms. The van der Waals surface area contributed by atoms with Crippen molar-refractivity contribution in [1.82, 2.24) is 24.6 Å². The van der Waals surface area contributed by atoms with Gasteiger partial charge in [-0.3, -0.25) is 9.69 Å². The van der Waals surface area contributed by atoms with Crippen LogP contribution in [0.15, 0.2) is 30.5 Å². The number of amides is 2. The fourth-order valence-electron chi connectivity index (χ4n) is 5.94. The molecule has 4 heterocycles. The number of likely N-dealkylation sites (tertiary alicyclic amines) is 1. The lowest BCUT2D eigenvalue weighted by atomic mass is 9.83. The van der Waals surface area contributed by atoms with E-state index in [1.807, 2.05) is 44.7 Å². The number of nitrogens with one attached hydrogen (secondary N) is 1. The lowest BCUT2D eigenvalue weighted by Crippen LogP contribution is -2.46. The number of carbonyl (C=O) groups is 2. The summed E-state index contributed by atoms with van der Waals surface area (Å²) < 4.78 is 14.2. The Morgan fingerprint density at radius 3 is 2.43 bits per heavy atom. The maximum Gasteiger partial charge on any atom is 0.414 e. The minimum absolute atomic E-state index is 0.00491. The van der Waals surface area contributed by atoms with Crippen LogP contribution in [0.5, 0.6) is 0 Å². The molecule has 0 radical (unpaired) electrons. The minimum Gasteiger partial charge on any atom is -0.443 e. The molecular weight excluding hydrogens is 637 g/mol. The Bertz CT molecular complexity index is 1780. The van der Waals surface area contributed by atoms with E-state index < -0.39 is 25.4 Å². The van der Waals surface area contributed by atoms with Crippen LogP contribution in [-0.2, 0) is 25.9 Å². The number of anilines is 3. The van der Waals surface area contributed by atoms with E-state index in [2.05, 4.69) is 62.3 Å². The molecule has 1 fully saturated rings. The van der Waals surface area contributed by atoms with E-state index in [-0.39, 0.29) is 17.5 Å². The topological polar surface area (TPSA) is 138 Å². The van der Waals surface area contributed by atoms with Gasteiger partial charge in [-0.2, -0.15) is 10.4 Å². The van der Waals surface area contributed by atoms with E-state index in [1.54, 1.807) is 27.9 Å². The third-order valence-electron chi connectivity index (χ3n) is 9.67. The molecule has 1 saturated heterocycles. The molecule has 2 aromatic heterocycles. The molecule has 0 spiro atoms. The molecule has 0 unspecified atom stereocenters. The zero-order chi connectivity index (χ0) is 35.9. The predicted molar refractivity (Wildman–Crippen MR) is 192 cm³/mol. The van der Waals surface area contributed by atoms with E-state index in [4.69, 9.17) is 14.1 Å². The first kappa shape index (κ1) is 36.0. The lowest BCUT2D eigenvalue weighted by molar-refractivity contribution is -0.130. The molecule has 0 saturated carbocycles. The highest BCUT2D eigenvalue weighted by Crippen LogP contribution is 2.47. The van der Waals surface area contributed by atoms with Crippen LogP contribution in [0.25, 0.3) is 11.3 Å². The number of nitriles is 1. The summed E-state index contributed by atoms with van der Waals surface area (Å²) in [5.41, 5.74) is 2.44. The minimum atomic E-state index is -2.15. The summed E-state index contributed by atoms with van der Waals surface area (Å²) in [7, 11) is -2.15. The van der Waals surface area contributed by atoms with Gasteiger partial charge in [-0.15, -0.1) is 0 Å². The third kappa shape index (κ3) is 7.81. The van der Waals surface area contributed by atoms with Crippen molar-refractivity contribution in [1.29, 1.82) is 5.26 Å². The highest BCUT2D eigenvalue weighted by Gasteiger charge is 2.47. The Hall–Kier alpha value is -4.28. The molecular formula is C36H50N8O4Si. The number of aromatic nitrogens is 4. The molecule has 1 N–H and O–H groups in total. The highest BCUT2D eigenvalue weighted by atomic mass is 28.4. The second kappa shape index (κ2) is 13.2. The number of rotatable bonds is 8. The second-order valence-electron chi connectivity index (χ2n) is 16.0. The van der Waals surface area contributed by atoms with Crippen LogP contribution >= 0.6 is 0 Å². The van der Waals surface area contributed by atoms with Gasteiger partial charge in [-0.1, -0.05) is 27.7 Å². The van der Waals surface area contributed by atoms with Crippen LogP contribution in [0.4, 0.5) is 22.2 Å². The summed E-state index contributed by atoms with van der Waals surface area (Å²) in [6.07, 6.45) is 3.19. The van der Waals surface area contributed by atoms with Gasteiger partial charge < -0.3 is 19.4 Å².